The first-order chi connectivity index (χ1) is 13.3. The van der Waals surface area contributed by atoms with Gasteiger partial charge < -0.3 is 19.5 Å². The molecule has 0 saturated carbocycles. The molecule has 2 rings (SSSR count). The maximum absolute atomic E-state index is 13.0. The number of rotatable bonds is 9. The molecule has 2 aromatic rings. The fourth-order valence-electron chi connectivity index (χ4n) is 2.43. The number of methoxy groups -OCH3 is 2. The van der Waals surface area contributed by atoms with Crippen LogP contribution in [0.2, 0.25) is 0 Å². The van der Waals surface area contributed by atoms with Crippen molar-refractivity contribution >= 4 is 11.6 Å². The minimum absolute atomic E-state index is 0.0225. The zero-order chi connectivity index (χ0) is 20.6. The van der Waals surface area contributed by atoms with Crippen molar-refractivity contribution in [3.05, 3.63) is 53.6 Å². The molecule has 8 heteroatoms. The number of carbonyl (C=O) groups excluding carboxylic acids is 1. The third-order valence-electron chi connectivity index (χ3n) is 3.93. The first-order valence-corrected chi connectivity index (χ1v) is 8.59. The molecule has 1 N–H and O–H groups in total. The molecule has 0 aromatic heterocycles. The van der Waals surface area contributed by atoms with Gasteiger partial charge in [-0.25, -0.2) is 0 Å². The van der Waals surface area contributed by atoms with Crippen LogP contribution in [0.15, 0.2) is 42.5 Å². The lowest BCUT2D eigenvalue weighted by atomic mass is 10.1. The van der Waals surface area contributed by atoms with Crippen LogP contribution in [0.25, 0.3) is 0 Å². The topological polar surface area (TPSA) is 56.8 Å². The third kappa shape index (κ3) is 6.45. The molecule has 152 valence electrons. The smallest absolute Gasteiger partial charge is 0.416 e. The van der Waals surface area contributed by atoms with Gasteiger partial charge in [0.05, 0.1) is 25.0 Å². The predicted octanol–water partition coefficient (Wildman–Crippen LogP) is 4.31. The van der Waals surface area contributed by atoms with Crippen LogP contribution < -0.4 is 14.8 Å². The van der Waals surface area contributed by atoms with Gasteiger partial charge in [0.2, 0.25) is 5.91 Å². The molecule has 0 aliphatic carbocycles. The van der Waals surface area contributed by atoms with Gasteiger partial charge in [-0.1, -0.05) is 12.1 Å². The number of nitrogens with one attached hydrogen (secondary N) is 1. The van der Waals surface area contributed by atoms with E-state index in [1.807, 2.05) is 12.1 Å². The largest absolute Gasteiger partial charge is 0.497 e. The lowest BCUT2D eigenvalue weighted by Gasteiger charge is -2.15. The second-order valence-electron chi connectivity index (χ2n) is 5.95. The monoisotopic (exact) mass is 397 g/mol. The fourth-order valence-corrected chi connectivity index (χ4v) is 2.43. The van der Waals surface area contributed by atoms with Crippen molar-refractivity contribution in [1.82, 2.24) is 0 Å². The van der Waals surface area contributed by atoms with E-state index in [0.29, 0.717) is 12.2 Å². The summed E-state index contributed by atoms with van der Waals surface area (Å²) in [4.78, 5) is 12.3. The molecule has 1 amide bonds. The van der Waals surface area contributed by atoms with Gasteiger partial charge in [-0.15, -0.1) is 0 Å². The van der Waals surface area contributed by atoms with E-state index in [1.165, 1.54) is 13.2 Å². The molecule has 0 saturated heterocycles. The Bertz CT molecular complexity index is 776. The van der Waals surface area contributed by atoms with Crippen molar-refractivity contribution in [3.63, 3.8) is 0 Å². The van der Waals surface area contributed by atoms with E-state index in [4.69, 9.17) is 14.2 Å². The van der Waals surface area contributed by atoms with Crippen molar-refractivity contribution < 1.29 is 32.2 Å². The molecule has 0 aliphatic rings. The summed E-state index contributed by atoms with van der Waals surface area (Å²) < 4.78 is 54.3. The van der Waals surface area contributed by atoms with Crippen LogP contribution >= 0.6 is 0 Å². The summed E-state index contributed by atoms with van der Waals surface area (Å²) >= 11 is 0. The second-order valence-corrected chi connectivity index (χ2v) is 5.95. The Balaban J connectivity index is 2.06. The quantitative estimate of drug-likeness (QED) is 0.641. The predicted molar refractivity (Wildman–Crippen MR) is 98.8 cm³/mol. The summed E-state index contributed by atoms with van der Waals surface area (Å²) in [5, 5.41) is 2.51. The Kier molecular flexibility index (Phi) is 7.69. The second kappa shape index (κ2) is 9.98. The molecule has 0 fully saturated rings. The Hall–Kier alpha value is -2.74. The summed E-state index contributed by atoms with van der Waals surface area (Å²) in [6.07, 6.45) is -3.97. The Morgan fingerprint density at radius 3 is 2.36 bits per heavy atom. The van der Waals surface area contributed by atoms with Crippen LogP contribution in [0.5, 0.6) is 11.5 Å². The number of ether oxygens (including phenoxy) is 3. The van der Waals surface area contributed by atoms with Crippen LogP contribution in [0, 0.1) is 0 Å². The van der Waals surface area contributed by atoms with Gasteiger partial charge in [-0.05, 0) is 42.3 Å². The summed E-state index contributed by atoms with van der Waals surface area (Å²) in [6.45, 7) is 0.419. The molecule has 0 unspecified atom stereocenters. The molecular weight excluding hydrogens is 375 g/mol. The van der Waals surface area contributed by atoms with Crippen LogP contribution in [-0.2, 0) is 22.1 Å². The summed E-state index contributed by atoms with van der Waals surface area (Å²) in [5.41, 5.74) is 0.0271. The Morgan fingerprint density at radius 2 is 1.75 bits per heavy atom. The summed E-state index contributed by atoms with van der Waals surface area (Å²) in [6, 6.07) is 10.2. The molecule has 5 nitrogen and oxygen atoms in total. The van der Waals surface area contributed by atoms with E-state index in [1.54, 1.807) is 19.2 Å². The zero-order valence-electron chi connectivity index (χ0n) is 15.6. The van der Waals surface area contributed by atoms with E-state index in [-0.39, 0.29) is 31.1 Å². The maximum Gasteiger partial charge on any atom is 0.416 e. The minimum atomic E-state index is -4.52. The minimum Gasteiger partial charge on any atom is -0.497 e. The lowest BCUT2D eigenvalue weighted by molar-refractivity contribution is -0.137. The number of carbonyl (C=O) groups is 1. The lowest BCUT2D eigenvalue weighted by Crippen LogP contribution is -2.15. The molecule has 28 heavy (non-hydrogen) atoms. The normalized spacial score (nSPS) is 11.2. The highest BCUT2D eigenvalue weighted by molar-refractivity contribution is 5.92. The number of alkyl halides is 3. The molecule has 0 atom stereocenters. The molecule has 0 aliphatic heterocycles. The number of aryl methyl sites for hydroxylation is 1. The van der Waals surface area contributed by atoms with Crippen molar-refractivity contribution in [2.24, 2.45) is 0 Å². The van der Waals surface area contributed by atoms with Crippen molar-refractivity contribution in [1.29, 1.82) is 0 Å². The van der Waals surface area contributed by atoms with Crippen LogP contribution in [0.1, 0.15) is 17.5 Å². The third-order valence-corrected chi connectivity index (χ3v) is 3.93. The first-order valence-electron chi connectivity index (χ1n) is 8.59. The number of amides is 1. The fraction of sp³-hybridized carbons (Fsp3) is 0.350. The molecule has 0 bridgehead atoms. The van der Waals surface area contributed by atoms with Gasteiger partial charge in [0, 0.05) is 13.5 Å². The molecule has 0 spiro atoms. The van der Waals surface area contributed by atoms with Crippen molar-refractivity contribution in [2.45, 2.75) is 19.0 Å². The summed E-state index contributed by atoms with van der Waals surface area (Å²) in [5.74, 6) is 0.449. The van der Waals surface area contributed by atoms with Crippen LogP contribution in [0.3, 0.4) is 0 Å². The van der Waals surface area contributed by atoms with Gasteiger partial charge in [0.15, 0.2) is 0 Å². The number of anilines is 1. The first kappa shape index (κ1) is 21.6. The van der Waals surface area contributed by atoms with Crippen molar-refractivity contribution in [2.75, 3.05) is 32.8 Å². The van der Waals surface area contributed by atoms with E-state index in [2.05, 4.69) is 5.32 Å². The van der Waals surface area contributed by atoms with E-state index in [9.17, 15) is 18.0 Å². The SMILES string of the molecule is COCCOc1ccc(C(F)(F)F)cc1NC(=O)CCc1ccc(OC)cc1. The molecule has 0 heterocycles. The van der Waals surface area contributed by atoms with Gasteiger partial charge >= 0.3 is 6.18 Å². The Morgan fingerprint density at radius 1 is 1.04 bits per heavy atom. The van der Waals surface area contributed by atoms with Gasteiger partial charge in [-0.2, -0.15) is 13.2 Å². The van der Waals surface area contributed by atoms with Gasteiger partial charge in [0.1, 0.15) is 18.1 Å². The van der Waals surface area contributed by atoms with Crippen molar-refractivity contribution in [3.8, 4) is 11.5 Å². The Labute approximate surface area is 161 Å². The van der Waals surface area contributed by atoms with E-state index in [0.717, 1.165) is 17.7 Å². The average Bonchev–Trinajstić information content (AvgIpc) is 2.67. The van der Waals surface area contributed by atoms with Gasteiger partial charge in [-0.3, -0.25) is 4.79 Å². The summed E-state index contributed by atoms with van der Waals surface area (Å²) in [7, 11) is 3.04. The molecule has 2 aromatic carbocycles. The van der Waals surface area contributed by atoms with Gasteiger partial charge in [0.25, 0.3) is 0 Å². The molecule has 0 radical (unpaired) electrons. The standard InChI is InChI=1S/C20H22F3NO4/c1-26-11-12-28-18-9-6-15(20(21,22)23)13-17(18)24-19(25)10-5-14-3-7-16(27-2)8-4-14/h3-4,6-9,13H,5,10-12H2,1-2H3,(H,24,25). The zero-order valence-corrected chi connectivity index (χ0v) is 15.6. The number of halogens is 3. The number of hydrogen-bond acceptors (Lipinski definition) is 4. The van der Waals surface area contributed by atoms with E-state index < -0.39 is 17.6 Å². The van der Waals surface area contributed by atoms with Crippen LogP contribution in [0.4, 0.5) is 18.9 Å². The maximum atomic E-state index is 13.0. The van der Waals surface area contributed by atoms with Crippen LogP contribution in [-0.4, -0.2) is 33.3 Å². The number of hydrogen-bond donors (Lipinski definition) is 1. The highest BCUT2D eigenvalue weighted by Gasteiger charge is 2.31. The van der Waals surface area contributed by atoms with E-state index >= 15 is 0 Å². The molecular formula is C20H22F3NO4. The number of benzene rings is 2. The highest BCUT2D eigenvalue weighted by atomic mass is 19.4. The highest BCUT2D eigenvalue weighted by Crippen LogP contribution is 2.35. The average molecular weight is 397 g/mol.